The number of carbonyl (C=O) groups is 1. The number of carbonyl (C=O) groups excluding carboxylic acids is 1. The smallest absolute Gasteiger partial charge is 0.185 e. The van der Waals surface area contributed by atoms with Crippen LogP contribution in [0.25, 0.3) is 0 Å². The van der Waals surface area contributed by atoms with Crippen molar-refractivity contribution in [2.24, 2.45) is 5.92 Å². The first-order chi connectivity index (χ1) is 9.33. The van der Waals surface area contributed by atoms with E-state index >= 15 is 0 Å². The molecule has 0 aliphatic carbocycles. The quantitative estimate of drug-likeness (QED) is 0.845. The summed E-state index contributed by atoms with van der Waals surface area (Å²) in [5, 5.41) is 3.12. The van der Waals surface area contributed by atoms with Crippen molar-refractivity contribution >= 4 is 22.3 Å². The molecule has 104 valence electrons. The summed E-state index contributed by atoms with van der Waals surface area (Å²) < 4.78 is 0. The number of hydrogen-bond donors (Lipinski definition) is 0. The van der Waals surface area contributed by atoms with E-state index in [4.69, 9.17) is 0 Å². The Morgan fingerprint density at radius 3 is 2.63 bits per heavy atom. The van der Waals surface area contributed by atoms with Gasteiger partial charge >= 0.3 is 0 Å². The van der Waals surface area contributed by atoms with Crippen molar-refractivity contribution < 1.29 is 4.79 Å². The van der Waals surface area contributed by atoms with Crippen LogP contribution in [-0.2, 0) is 4.79 Å². The minimum absolute atomic E-state index is 0.275. The second-order valence-electron chi connectivity index (χ2n) is 5.53. The first-order valence-corrected chi connectivity index (χ1v) is 8.10. The second kappa shape index (κ2) is 6.01. The molecule has 19 heavy (non-hydrogen) atoms. The van der Waals surface area contributed by atoms with Gasteiger partial charge in [-0.15, -0.1) is 11.3 Å². The fourth-order valence-corrected chi connectivity index (χ4v) is 3.75. The molecule has 2 saturated heterocycles. The van der Waals surface area contributed by atoms with Gasteiger partial charge in [0.25, 0.3) is 0 Å². The van der Waals surface area contributed by atoms with Crippen LogP contribution in [-0.4, -0.2) is 48.4 Å². The normalized spacial score (nSPS) is 22.0. The van der Waals surface area contributed by atoms with Crippen molar-refractivity contribution in [3.63, 3.8) is 0 Å². The molecule has 0 N–H and O–H groups in total. The molecule has 3 rings (SSSR count). The maximum atomic E-state index is 12.3. The maximum Gasteiger partial charge on any atom is 0.185 e. The molecule has 0 unspecified atom stereocenters. The van der Waals surface area contributed by atoms with E-state index < -0.39 is 0 Å². The third-order valence-corrected chi connectivity index (χ3v) is 5.05. The number of rotatable bonds is 4. The molecule has 2 fully saturated rings. The van der Waals surface area contributed by atoms with Crippen molar-refractivity contribution in [2.75, 3.05) is 37.6 Å². The molecule has 1 aromatic heterocycles. The van der Waals surface area contributed by atoms with Gasteiger partial charge in [0.15, 0.2) is 5.13 Å². The van der Waals surface area contributed by atoms with Crippen molar-refractivity contribution in [1.82, 2.24) is 9.88 Å². The molecule has 1 aromatic rings. The number of thiazole rings is 1. The monoisotopic (exact) mass is 279 g/mol. The average Bonchev–Trinajstić information content (AvgIpc) is 3.12. The summed E-state index contributed by atoms with van der Waals surface area (Å²) in [6.45, 7) is 4.86. The standard InChI is InChI=1S/C14H21N3OS/c18-13(11-16-6-1-2-7-16)12-3-8-17(9-4-12)14-15-5-10-19-14/h5,10,12H,1-4,6-9,11H2. The third kappa shape index (κ3) is 3.15. The van der Waals surface area contributed by atoms with Crippen LogP contribution < -0.4 is 4.90 Å². The number of likely N-dealkylation sites (tertiary alicyclic amines) is 1. The van der Waals surface area contributed by atoms with E-state index in [1.165, 1.54) is 12.8 Å². The highest BCUT2D eigenvalue weighted by atomic mass is 32.1. The van der Waals surface area contributed by atoms with Crippen molar-refractivity contribution in [3.05, 3.63) is 11.6 Å². The largest absolute Gasteiger partial charge is 0.348 e. The van der Waals surface area contributed by atoms with Gasteiger partial charge in [0.05, 0.1) is 6.54 Å². The molecule has 0 atom stereocenters. The first-order valence-electron chi connectivity index (χ1n) is 7.22. The Hall–Kier alpha value is -0.940. The van der Waals surface area contributed by atoms with Gasteiger partial charge in [0, 0.05) is 30.6 Å². The molecule has 0 bridgehead atoms. The number of anilines is 1. The van der Waals surface area contributed by atoms with Gasteiger partial charge in [-0.3, -0.25) is 9.69 Å². The Kier molecular flexibility index (Phi) is 4.13. The minimum atomic E-state index is 0.275. The molecular weight excluding hydrogens is 258 g/mol. The lowest BCUT2D eigenvalue weighted by molar-refractivity contribution is -0.124. The predicted molar refractivity (Wildman–Crippen MR) is 77.7 cm³/mol. The van der Waals surface area contributed by atoms with E-state index in [1.54, 1.807) is 11.3 Å². The van der Waals surface area contributed by atoms with E-state index in [0.717, 1.165) is 44.2 Å². The van der Waals surface area contributed by atoms with Gasteiger partial charge in [-0.25, -0.2) is 4.98 Å². The van der Waals surface area contributed by atoms with Crippen molar-refractivity contribution in [2.45, 2.75) is 25.7 Å². The lowest BCUT2D eigenvalue weighted by Crippen LogP contribution is -2.39. The molecule has 2 aliphatic heterocycles. The lowest BCUT2D eigenvalue weighted by atomic mass is 9.92. The first kappa shape index (κ1) is 13.1. The average molecular weight is 279 g/mol. The molecule has 4 nitrogen and oxygen atoms in total. The summed E-state index contributed by atoms with van der Waals surface area (Å²) in [6, 6.07) is 0. The number of hydrogen-bond acceptors (Lipinski definition) is 5. The molecule has 3 heterocycles. The van der Waals surface area contributed by atoms with E-state index in [2.05, 4.69) is 14.8 Å². The number of Topliss-reactive ketones (excluding diaryl/α,β-unsaturated/α-hetero) is 1. The Morgan fingerprint density at radius 2 is 2.00 bits per heavy atom. The summed E-state index contributed by atoms with van der Waals surface area (Å²) >= 11 is 1.69. The zero-order valence-corrected chi connectivity index (χ0v) is 12.1. The van der Waals surface area contributed by atoms with Crippen LogP contribution in [0.4, 0.5) is 5.13 Å². The summed E-state index contributed by atoms with van der Waals surface area (Å²) in [5.41, 5.74) is 0. The van der Waals surface area contributed by atoms with Crippen LogP contribution in [0.5, 0.6) is 0 Å². The summed E-state index contributed by atoms with van der Waals surface area (Å²) in [7, 11) is 0. The Morgan fingerprint density at radius 1 is 1.26 bits per heavy atom. The zero-order chi connectivity index (χ0) is 13.1. The third-order valence-electron chi connectivity index (χ3n) is 4.22. The molecule has 0 aromatic carbocycles. The summed E-state index contributed by atoms with van der Waals surface area (Å²) in [5.74, 6) is 0.734. The van der Waals surface area contributed by atoms with Gasteiger partial charge in [0.1, 0.15) is 5.78 Å². The molecule has 0 saturated carbocycles. The van der Waals surface area contributed by atoms with Crippen molar-refractivity contribution in [1.29, 1.82) is 0 Å². The molecule has 2 aliphatic rings. The highest BCUT2D eigenvalue weighted by Gasteiger charge is 2.27. The molecule has 0 spiro atoms. The Labute approximate surface area is 118 Å². The van der Waals surface area contributed by atoms with Crippen LogP contribution >= 0.6 is 11.3 Å². The van der Waals surface area contributed by atoms with Gasteiger partial charge in [0.2, 0.25) is 0 Å². The van der Waals surface area contributed by atoms with Crippen molar-refractivity contribution in [3.8, 4) is 0 Å². The maximum absolute atomic E-state index is 12.3. The molecule has 0 amide bonds. The number of piperidine rings is 1. The molecule has 5 heteroatoms. The number of ketones is 1. The van der Waals surface area contributed by atoms with Crippen LogP contribution in [0, 0.1) is 5.92 Å². The zero-order valence-electron chi connectivity index (χ0n) is 11.3. The van der Waals surface area contributed by atoms with Gasteiger partial charge in [-0.05, 0) is 38.8 Å². The minimum Gasteiger partial charge on any atom is -0.348 e. The van der Waals surface area contributed by atoms with Gasteiger partial charge in [-0.1, -0.05) is 0 Å². The number of nitrogens with zero attached hydrogens (tertiary/aromatic N) is 3. The topological polar surface area (TPSA) is 36.4 Å². The van der Waals surface area contributed by atoms with Crippen LogP contribution in [0.15, 0.2) is 11.6 Å². The van der Waals surface area contributed by atoms with E-state index in [-0.39, 0.29) is 5.92 Å². The van der Waals surface area contributed by atoms with Crippen LogP contribution in [0.3, 0.4) is 0 Å². The lowest BCUT2D eigenvalue weighted by Gasteiger charge is -2.31. The second-order valence-corrected chi connectivity index (χ2v) is 6.40. The fraction of sp³-hybridized carbons (Fsp3) is 0.714. The van der Waals surface area contributed by atoms with Crippen LogP contribution in [0.1, 0.15) is 25.7 Å². The summed E-state index contributed by atoms with van der Waals surface area (Å²) in [4.78, 5) is 21.2. The van der Waals surface area contributed by atoms with Crippen LogP contribution in [0.2, 0.25) is 0 Å². The number of aromatic nitrogens is 1. The van der Waals surface area contributed by atoms with E-state index in [9.17, 15) is 4.79 Å². The van der Waals surface area contributed by atoms with E-state index in [0.29, 0.717) is 12.3 Å². The predicted octanol–water partition coefficient (Wildman–Crippen LogP) is 2.02. The SMILES string of the molecule is O=C(CN1CCCC1)C1CCN(c2nccs2)CC1. The molecule has 0 radical (unpaired) electrons. The fourth-order valence-electron chi connectivity index (χ4n) is 3.06. The van der Waals surface area contributed by atoms with Gasteiger partial charge in [-0.2, -0.15) is 0 Å². The Balaban J connectivity index is 1.48. The van der Waals surface area contributed by atoms with Gasteiger partial charge < -0.3 is 4.90 Å². The van der Waals surface area contributed by atoms with E-state index in [1.807, 2.05) is 11.6 Å². The summed E-state index contributed by atoms with van der Waals surface area (Å²) in [6.07, 6.45) is 6.36. The molecular formula is C14H21N3OS. The highest BCUT2D eigenvalue weighted by Crippen LogP contribution is 2.25. The Bertz CT molecular complexity index is 406. The highest BCUT2D eigenvalue weighted by molar-refractivity contribution is 7.13.